The maximum atomic E-state index is 13.4. The quantitative estimate of drug-likeness (QED) is 0.909. The maximum Gasteiger partial charge on any atom is 0.142 e. The van der Waals surface area contributed by atoms with Crippen molar-refractivity contribution in [2.45, 2.75) is 19.4 Å². The van der Waals surface area contributed by atoms with E-state index in [1.807, 2.05) is 26.1 Å². The number of benzene rings is 1. The normalized spacial score (nSPS) is 12.7. The van der Waals surface area contributed by atoms with E-state index in [0.717, 1.165) is 16.9 Å². The van der Waals surface area contributed by atoms with Gasteiger partial charge < -0.3 is 9.73 Å². The van der Waals surface area contributed by atoms with Crippen LogP contribution in [0.25, 0.3) is 0 Å². The van der Waals surface area contributed by atoms with E-state index in [2.05, 4.69) is 5.32 Å². The van der Waals surface area contributed by atoms with Crippen LogP contribution in [0.3, 0.4) is 0 Å². The van der Waals surface area contributed by atoms with E-state index in [0.29, 0.717) is 6.42 Å². The summed E-state index contributed by atoms with van der Waals surface area (Å²) in [5.41, 5.74) is 1.99. The first-order valence-corrected chi connectivity index (χ1v) is 6.14. The van der Waals surface area contributed by atoms with Gasteiger partial charge in [-0.1, -0.05) is 17.7 Å². The second-order valence-electron chi connectivity index (χ2n) is 4.23. The lowest BCUT2D eigenvalue weighted by Gasteiger charge is -2.15. The third-order valence-electron chi connectivity index (χ3n) is 3.05. The first-order valence-electron chi connectivity index (χ1n) is 5.77. The molecule has 0 fully saturated rings. The standard InChI is InChI=1S/C14H15ClFNO/c1-9-11(5-6-18-9)14(17-2)8-10-3-4-12(15)13(16)7-10/h3-7,14,17H,8H2,1-2H3. The SMILES string of the molecule is CNC(Cc1ccc(Cl)c(F)c1)c1ccoc1C. The Balaban J connectivity index is 2.20. The topological polar surface area (TPSA) is 25.2 Å². The fraction of sp³-hybridized carbons (Fsp3) is 0.286. The van der Waals surface area contributed by atoms with E-state index in [9.17, 15) is 4.39 Å². The van der Waals surface area contributed by atoms with Gasteiger partial charge in [0.1, 0.15) is 11.6 Å². The van der Waals surface area contributed by atoms with Gasteiger partial charge in [-0.15, -0.1) is 0 Å². The van der Waals surface area contributed by atoms with Crippen LogP contribution < -0.4 is 5.32 Å². The Morgan fingerprint density at radius 1 is 1.39 bits per heavy atom. The molecule has 2 aromatic rings. The van der Waals surface area contributed by atoms with Crippen molar-refractivity contribution < 1.29 is 8.81 Å². The van der Waals surface area contributed by atoms with E-state index in [1.54, 1.807) is 12.3 Å². The van der Waals surface area contributed by atoms with Crippen LogP contribution in [0.4, 0.5) is 4.39 Å². The van der Waals surface area contributed by atoms with Crippen molar-refractivity contribution in [3.8, 4) is 0 Å². The number of nitrogens with one attached hydrogen (secondary N) is 1. The summed E-state index contributed by atoms with van der Waals surface area (Å²) in [7, 11) is 1.88. The van der Waals surface area contributed by atoms with Crippen molar-refractivity contribution in [1.29, 1.82) is 0 Å². The minimum absolute atomic E-state index is 0.101. The second kappa shape index (κ2) is 5.55. The molecule has 4 heteroatoms. The average molecular weight is 268 g/mol. The van der Waals surface area contributed by atoms with Crippen LogP contribution in [0.2, 0.25) is 5.02 Å². The van der Waals surface area contributed by atoms with Crippen LogP contribution in [-0.4, -0.2) is 7.05 Å². The highest BCUT2D eigenvalue weighted by Crippen LogP contribution is 2.24. The molecule has 1 unspecified atom stereocenters. The Labute approximate surface area is 111 Å². The molecule has 0 aliphatic carbocycles. The van der Waals surface area contributed by atoms with Crippen molar-refractivity contribution in [3.63, 3.8) is 0 Å². The van der Waals surface area contributed by atoms with Gasteiger partial charge in [0.05, 0.1) is 11.3 Å². The Morgan fingerprint density at radius 2 is 2.17 bits per heavy atom. The molecule has 2 nitrogen and oxygen atoms in total. The summed E-state index contributed by atoms with van der Waals surface area (Å²) in [6, 6.07) is 6.93. The van der Waals surface area contributed by atoms with Crippen molar-refractivity contribution >= 4 is 11.6 Å². The van der Waals surface area contributed by atoms with Gasteiger partial charge in [0, 0.05) is 11.6 Å². The predicted molar refractivity (Wildman–Crippen MR) is 70.4 cm³/mol. The lowest BCUT2D eigenvalue weighted by Crippen LogP contribution is -2.19. The summed E-state index contributed by atoms with van der Waals surface area (Å²) >= 11 is 5.67. The number of furan rings is 1. The molecule has 0 radical (unpaired) electrons. The number of hydrogen-bond acceptors (Lipinski definition) is 2. The minimum atomic E-state index is -0.382. The fourth-order valence-electron chi connectivity index (χ4n) is 2.03. The molecule has 1 aromatic heterocycles. The van der Waals surface area contributed by atoms with Gasteiger partial charge in [0.15, 0.2) is 0 Å². The molecule has 96 valence electrons. The van der Waals surface area contributed by atoms with Crippen molar-refractivity contribution in [2.24, 2.45) is 0 Å². The molecule has 0 aliphatic rings. The van der Waals surface area contributed by atoms with Crippen molar-refractivity contribution in [2.75, 3.05) is 7.05 Å². The van der Waals surface area contributed by atoms with E-state index in [-0.39, 0.29) is 16.9 Å². The first-order chi connectivity index (χ1) is 8.61. The number of aryl methyl sites for hydroxylation is 1. The van der Waals surface area contributed by atoms with Crippen molar-refractivity contribution in [1.82, 2.24) is 5.32 Å². The Hall–Kier alpha value is -1.32. The van der Waals surface area contributed by atoms with Gasteiger partial charge in [0.25, 0.3) is 0 Å². The summed E-state index contributed by atoms with van der Waals surface area (Å²) in [6.07, 6.45) is 2.35. The maximum absolute atomic E-state index is 13.4. The van der Waals surface area contributed by atoms with Gasteiger partial charge in [-0.25, -0.2) is 4.39 Å². The van der Waals surface area contributed by atoms with E-state index in [4.69, 9.17) is 16.0 Å². The van der Waals surface area contributed by atoms with E-state index in [1.165, 1.54) is 6.07 Å². The smallest absolute Gasteiger partial charge is 0.142 e. The summed E-state index contributed by atoms with van der Waals surface area (Å²) in [5.74, 6) is 0.497. The number of likely N-dealkylation sites (N-methyl/N-ethyl adjacent to an activating group) is 1. The zero-order valence-electron chi connectivity index (χ0n) is 10.3. The van der Waals surface area contributed by atoms with E-state index < -0.39 is 0 Å². The Kier molecular flexibility index (Phi) is 4.04. The molecular formula is C14H15ClFNO. The van der Waals surface area contributed by atoms with Crippen LogP contribution in [0.15, 0.2) is 34.9 Å². The van der Waals surface area contributed by atoms with E-state index >= 15 is 0 Å². The molecule has 0 spiro atoms. The van der Waals surface area contributed by atoms with Crippen LogP contribution in [-0.2, 0) is 6.42 Å². The van der Waals surface area contributed by atoms with Gasteiger partial charge >= 0.3 is 0 Å². The van der Waals surface area contributed by atoms with Crippen LogP contribution in [0, 0.1) is 12.7 Å². The third kappa shape index (κ3) is 2.74. The highest BCUT2D eigenvalue weighted by atomic mass is 35.5. The molecule has 1 N–H and O–H groups in total. The summed E-state index contributed by atoms with van der Waals surface area (Å²) in [6.45, 7) is 1.92. The molecule has 0 saturated heterocycles. The van der Waals surface area contributed by atoms with Gasteiger partial charge in [-0.05, 0) is 44.2 Å². The number of rotatable bonds is 4. The molecule has 1 heterocycles. The summed E-state index contributed by atoms with van der Waals surface area (Å²) in [5, 5.41) is 3.36. The van der Waals surface area contributed by atoms with Gasteiger partial charge in [-0.2, -0.15) is 0 Å². The van der Waals surface area contributed by atoms with Crippen LogP contribution in [0.5, 0.6) is 0 Å². The predicted octanol–water partition coefficient (Wildman–Crippen LogP) is 3.88. The van der Waals surface area contributed by atoms with Crippen molar-refractivity contribution in [3.05, 3.63) is 58.3 Å². The summed E-state index contributed by atoms with van der Waals surface area (Å²) in [4.78, 5) is 0. The lowest BCUT2D eigenvalue weighted by atomic mass is 9.99. The Morgan fingerprint density at radius 3 is 2.72 bits per heavy atom. The van der Waals surface area contributed by atoms with Gasteiger partial charge in [-0.3, -0.25) is 0 Å². The largest absolute Gasteiger partial charge is 0.469 e. The molecule has 0 amide bonds. The summed E-state index contributed by atoms with van der Waals surface area (Å²) < 4.78 is 18.7. The molecular weight excluding hydrogens is 253 g/mol. The monoisotopic (exact) mass is 267 g/mol. The Bertz CT molecular complexity index is 538. The van der Waals surface area contributed by atoms with Crippen LogP contribution >= 0.6 is 11.6 Å². The molecule has 0 bridgehead atoms. The van der Waals surface area contributed by atoms with Gasteiger partial charge in [0.2, 0.25) is 0 Å². The zero-order valence-corrected chi connectivity index (χ0v) is 11.1. The molecule has 0 aliphatic heterocycles. The molecule has 1 atom stereocenters. The molecule has 18 heavy (non-hydrogen) atoms. The zero-order chi connectivity index (χ0) is 13.1. The average Bonchev–Trinajstić information content (AvgIpc) is 2.77. The first kappa shape index (κ1) is 13.1. The third-order valence-corrected chi connectivity index (χ3v) is 3.35. The molecule has 2 rings (SSSR count). The lowest BCUT2D eigenvalue weighted by molar-refractivity contribution is 0.511. The molecule has 0 saturated carbocycles. The highest BCUT2D eigenvalue weighted by Gasteiger charge is 2.15. The molecule has 1 aromatic carbocycles. The number of hydrogen-bond donors (Lipinski definition) is 1. The van der Waals surface area contributed by atoms with Crippen LogP contribution in [0.1, 0.15) is 22.9 Å². The minimum Gasteiger partial charge on any atom is -0.469 e. The number of halogens is 2. The fourth-order valence-corrected chi connectivity index (χ4v) is 2.14. The highest BCUT2D eigenvalue weighted by molar-refractivity contribution is 6.30. The second-order valence-corrected chi connectivity index (χ2v) is 4.63.